The Balaban J connectivity index is 1.64. The minimum absolute atomic E-state index is 0.154. The lowest BCUT2D eigenvalue weighted by molar-refractivity contribution is -0.139. The van der Waals surface area contributed by atoms with Crippen LogP contribution in [0.25, 0.3) is 0 Å². The summed E-state index contributed by atoms with van der Waals surface area (Å²) in [7, 11) is -3.59. The van der Waals surface area contributed by atoms with Gasteiger partial charge in [-0.25, -0.2) is 13.1 Å². The average molecular weight is 451 g/mol. The van der Waals surface area contributed by atoms with Gasteiger partial charge >= 0.3 is 0 Å². The van der Waals surface area contributed by atoms with Crippen LogP contribution in [0.4, 0.5) is 0 Å². The first-order valence-corrected chi connectivity index (χ1v) is 13.0. The molecule has 1 aromatic carbocycles. The number of nitrogens with two attached hydrogens (primary N) is 1. The molecule has 2 fully saturated rings. The Morgan fingerprint density at radius 2 is 1.81 bits per heavy atom. The molecule has 9 heteroatoms. The molecule has 0 bridgehead atoms. The van der Waals surface area contributed by atoms with Gasteiger partial charge in [0.1, 0.15) is 12.1 Å². The zero-order valence-corrected chi connectivity index (χ0v) is 18.9. The highest BCUT2D eigenvalue weighted by molar-refractivity contribution is 7.88. The fourth-order valence-corrected chi connectivity index (χ4v) is 5.25. The summed E-state index contributed by atoms with van der Waals surface area (Å²) in [6.45, 7) is 1.05. The molecule has 0 radical (unpaired) electrons. The summed E-state index contributed by atoms with van der Waals surface area (Å²) in [6.07, 6.45) is 6.56. The Morgan fingerprint density at radius 3 is 2.45 bits per heavy atom. The quantitative estimate of drug-likeness (QED) is 0.540. The second-order valence-corrected chi connectivity index (χ2v) is 10.6. The van der Waals surface area contributed by atoms with Gasteiger partial charge in [0, 0.05) is 19.1 Å². The van der Waals surface area contributed by atoms with Crippen molar-refractivity contribution >= 4 is 21.8 Å². The highest BCUT2D eigenvalue weighted by Crippen LogP contribution is 2.23. The van der Waals surface area contributed by atoms with Crippen LogP contribution in [-0.2, 0) is 26.0 Å². The van der Waals surface area contributed by atoms with Gasteiger partial charge in [-0.1, -0.05) is 30.3 Å². The number of sulfonamides is 1. The Bertz CT molecular complexity index is 854. The lowest BCUT2D eigenvalue weighted by atomic mass is 9.86. The molecule has 2 aliphatic rings. The van der Waals surface area contributed by atoms with Gasteiger partial charge < -0.3 is 16.0 Å². The molecule has 0 unspecified atom stereocenters. The van der Waals surface area contributed by atoms with Crippen molar-refractivity contribution in [1.29, 1.82) is 0 Å². The van der Waals surface area contributed by atoms with Crippen molar-refractivity contribution in [2.45, 2.75) is 63.1 Å². The number of carbonyl (C=O) groups excluding carboxylic acids is 2. The number of nitrogens with one attached hydrogen (secondary N) is 2. The average Bonchev–Trinajstić information content (AvgIpc) is 3.22. The number of hydrogen-bond acceptors (Lipinski definition) is 5. The first-order chi connectivity index (χ1) is 14.7. The molecule has 0 aromatic heterocycles. The highest BCUT2D eigenvalue weighted by atomic mass is 32.2. The van der Waals surface area contributed by atoms with E-state index in [4.69, 9.17) is 5.73 Å². The van der Waals surface area contributed by atoms with Crippen LogP contribution in [-0.4, -0.2) is 62.6 Å². The van der Waals surface area contributed by atoms with Gasteiger partial charge in [-0.05, 0) is 56.4 Å². The van der Waals surface area contributed by atoms with Gasteiger partial charge in [-0.15, -0.1) is 0 Å². The van der Waals surface area contributed by atoms with Crippen LogP contribution in [0.15, 0.2) is 30.3 Å². The Hall–Kier alpha value is -1.97. The van der Waals surface area contributed by atoms with E-state index in [9.17, 15) is 18.0 Å². The van der Waals surface area contributed by atoms with Gasteiger partial charge in [0.25, 0.3) is 0 Å². The minimum Gasteiger partial charge on any atom is -0.354 e. The lowest BCUT2D eigenvalue weighted by Gasteiger charge is -2.30. The minimum atomic E-state index is -3.59. The molecular weight excluding hydrogens is 416 g/mol. The largest absolute Gasteiger partial charge is 0.354 e. The molecule has 172 valence electrons. The molecule has 2 atom stereocenters. The number of rotatable bonds is 8. The maximum atomic E-state index is 13.3. The van der Waals surface area contributed by atoms with Crippen molar-refractivity contribution in [1.82, 2.24) is 14.9 Å². The number of carbonyl (C=O) groups is 2. The molecule has 0 spiro atoms. The van der Waals surface area contributed by atoms with Crippen molar-refractivity contribution < 1.29 is 18.0 Å². The molecule has 3 rings (SSSR count). The molecule has 2 amide bonds. The fourth-order valence-electron chi connectivity index (χ4n) is 4.55. The zero-order valence-electron chi connectivity index (χ0n) is 18.1. The summed E-state index contributed by atoms with van der Waals surface area (Å²) in [5.74, 6) is -0.0823. The van der Waals surface area contributed by atoms with E-state index in [1.807, 2.05) is 30.3 Å². The Labute approximate surface area is 185 Å². The number of nitrogens with zero attached hydrogens (tertiary/aromatic N) is 1. The van der Waals surface area contributed by atoms with E-state index in [1.165, 1.54) is 4.90 Å². The zero-order chi connectivity index (χ0) is 22.4. The van der Waals surface area contributed by atoms with Crippen LogP contribution < -0.4 is 15.8 Å². The van der Waals surface area contributed by atoms with E-state index in [1.54, 1.807) is 0 Å². The topological polar surface area (TPSA) is 122 Å². The normalized spacial score (nSPS) is 25.2. The highest BCUT2D eigenvalue weighted by Gasteiger charge is 2.38. The third-order valence-corrected chi connectivity index (χ3v) is 6.94. The number of amides is 2. The Kier molecular flexibility index (Phi) is 8.07. The lowest BCUT2D eigenvalue weighted by Crippen LogP contribution is -2.54. The number of hydrogen-bond donors (Lipinski definition) is 3. The third-order valence-electron chi connectivity index (χ3n) is 6.23. The molecule has 31 heavy (non-hydrogen) atoms. The van der Waals surface area contributed by atoms with Gasteiger partial charge in [0.15, 0.2) is 0 Å². The smallest absolute Gasteiger partial charge is 0.242 e. The standard InChI is InChI=1S/C22H34N4O4S/c1-31(29,30)25-19(14-16-6-3-2-4-7-16)22(28)26-13-5-8-20(26)21(27)24-15-17-9-11-18(23)12-10-17/h2-4,6-7,17-20,25H,5,8-15,23H2,1H3,(H,24,27)/t17-,18-,19-,20+/m1/s1. The summed E-state index contributed by atoms with van der Waals surface area (Å²) >= 11 is 0. The van der Waals surface area contributed by atoms with E-state index >= 15 is 0 Å². The van der Waals surface area contributed by atoms with Gasteiger partial charge in [-0.3, -0.25) is 9.59 Å². The second kappa shape index (κ2) is 10.6. The molecule has 1 aliphatic heterocycles. The van der Waals surface area contributed by atoms with Crippen molar-refractivity contribution in [3.63, 3.8) is 0 Å². The SMILES string of the molecule is CS(=O)(=O)N[C@H](Cc1ccccc1)C(=O)N1CCC[C@H]1C(=O)NC[C@H]1CC[C@H](N)CC1. The summed E-state index contributed by atoms with van der Waals surface area (Å²) in [5.41, 5.74) is 6.81. The first-order valence-electron chi connectivity index (χ1n) is 11.1. The predicted octanol–water partition coefficient (Wildman–Crippen LogP) is 0.772. The summed E-state index contributed by atoms with van der Waals surface area (Å²) in [4.78, 5) is 27.7. The molecule has 1 heterocycles. The molecule has 4 N–H and O–H groups in total. The van der Waals surface area contributed by atoms with Crippen LogP contribution in [0.1, 0.15) is 44.1 Å². The van der Waals surface area contributed by atoms with E-state index in [-0.39, 0.29) is 24.3 Å². The first kappa shape index (κ1) is 23.7. The van der Waals surface area contributed by atoms with Crippen LogP contribution >= 0.6 is 0 Å². The van der Waals surface area contributed by atoms with Crippen LogP contribution in [0.3, 0.4) is 0 Å². The van der Waals surface area contributed by atoms with E-state index in [0.29, 0.717) is 25.4 Å². The van der Waals surface area contributed by atoms with E-state index < -0.39 is 22.1 Å². The summed E-state index contributed by atoms with van der Waals surface area (Å²) in [6, 6.07) is 8.04. The van der Waals surface area contributed by atoms with E-state index in [2.05, 4.69) is 10.0 Å². The molecule has 1 saturated heterocycles. The molecule has 1 aromatic rings. The summed E-state index contributed by atoms with van der Waals surface area (Å²) < 4.78 is 26.3. The van der Waals surface area contributed by atoms with Gasteiger partial charge in [0.05, 0.1) is 6.26 Å². The van der Waals surface area contributed by atoms with Crippen LogP contribution in [0.2, 0.25) is 0 Å². The van der Waals surface area contributed by atoms with Crippen LogP contribution in [0.5, 0.6) is 0 Å². The fraction of sp³-hybridized carbons (Fsp3) is 0.636. The monoisotopic (exact) mass is 450 g/mol. The summed E-state index contributed by atoms with van der Waals surface area (Å²) in [5, 5.41) is 3.02. The molecule has 1 saturated carbocycles. The van der Waals surface area contributed by atoms with Crippen molar-refractivity contribution in [3.05, 3.63) is 35.9 Å². The van der Waals surface area contributed by atoms with Crippen molar-refractivity contribution in [2.24, 2.45) is 11.7 Å². The Morgan fingerprint density at radius 1 is 1.13 bits per heavy atom. The van der Waals surface area contributed by atoms with E-state index in [0.717, 1.165) is 43.9 Å². The van der Waals surface area contributed by atoms with Gasteiger partial charge in [-0.2, -0.15) is 0 Å². The predicted molar refractivity (Wildman–Crippen MR) is 120 cm³/mol. The van der Waals surface area contributed by atoms with Gasteiger partial charge in [0.2, 0.25) is 21.8 Å². The maximum Gasteiger partial charge on any atom is 0.242 e. The molecule has 8 nitrogen and oxygen atoms in total. The third kappa shape index (κ3) is 7.02. The number of likely N-dealkylation sites (tertiary alicyclic amines) is 1. The molecule has 1 aliphatic carbocycles. The molecular formula is C22H34N4O4S. The second-order valence-electron chi connectivity index (χ2n) is 8.85. The van der Waals surface area contributed by atoms with Crippen LogP contribution in [0, 0.1) is 5.92 Å². The number of benzene rings is 1. The van der Waals surface area contributed by atoms with Crippen molar-refractivity contribution in [3.8, 4) is 0 Å². The van der Waals surface area contributed by atoms with Crippen molar-refractivity contribution in [2.75, 3.05) is 19.3 Å². The maximum absolute atomic E-state index is 13.3.